The predicted octanol–water partition coefficient (Wildman–Crippen LogP) is 3.96. The van der Waals surface area contributed by atoms with Crippen molar-refractivity contribution in [1.29, 1.82) is 0 Å². The summed E-state index contributed by atoms with van der Waals surface area (Å²) >= 11 is 1.56. The van der Waals surface area contributed by atoms with Crippen LogP contribution in [0.25, 0.3) is 0 Å². The van der Waals surface area contributed by atoms with Crippen molar-refractivity contribution in [2.75, 3.05) is 25.0 Å². The first-order valence-electron chi connectivity index (χ1n) is 9.91. The largest absolute Gasteiger partial charge is 0.372 e. The predicted molar refractivity (Wildman–Crippen MR) is 114 cm³/mol. The van der Waals surface area contributed by atoms with E-state index >= 15 is 0 Å². The molecular formula is C22H29N3O2S. The van der Waals surface area contributed by atoms with E-state index in [1.165, 1.54) is 31.9 Å². The fourth-order valence-corrected chi connectivity index (χ4v) is 4.39. The molecule has 2 aromatic rings. The van der Waals surface area contributed by atoms with Crippen molar-refractivity contribution in [3.8, 4) is 0 Å². The van der Waals surface area contributed by atoms with Crippen LogP contribution in [-0.2, 0) is 16.1 Å². The first kappa shape index (κ1) is 20.4. The maximum absolute atomic E-state index is 12.7. The van der Waals surface area contributed by atoms with Gasteiger partial charge in [0.25, 0.3) is 0 Å². The van der Waals surface area contributed by atoms with Crippen LogP contribution in [-0.4, -0.2) is 36.9 Å². The van der Waals surface area contributed by atoms with Crippen molar-refractivity contribution in [2.24, 2.45) is 0 Å². The average Bonchev–Trinajstić information content (AvgIpc) is 3.23. The molecule has 0 bridgehead atoms. The zero-order valence-corrected chi connectivity index (χ0v) is 17.5. The lowest BCUT2D eigenvalue weighted by atomic mass is 10.1. The van der Waals surface area contributed by atoms with Gasteiger partial charge in [-0.1, -0.05) is 18.2 Å². The maximum atomic E-state index is 12.7. The van der Waals surface area contributed by atoms with E-state index in [0.29, 0.717) is 6.54 Å². The quantitative estimate of drug-likeness (QED) is 0.767. The Morgan fingerprint density at radius 3 is 2.46 bits per heavy atom. The minimum Gasteiger partial charge on any atom is -0.372 e. The van der Waals surface area contributed by atoms with E-state index in [1.807, 2.05) is 24.6 Å². The Kier molecular flexibility index (Phi) is 7.09. The second-order valence-electron chi connectivity index (χ2n) is 7.44. The van der Waals surface area contributed by atoms with E-state index in [9.17, 15) is 9.59 Å². The van der Waals surface area contributed by atoms with Crippen LogP contribution in [0.15, 0.2) is 41.8 Å². The van der Waals surface area contributed by atoms with Gasteiger partial charge in [-0.2, -0.15) is 0 Å². The number of hydrogen-bond acceptors (Lipinski definition) is 4. The van der Waals surface area contributed by atoms with Gasteiger partial charge in [-0.15, -0.1) is 11.3 Å². The fraction of sp³-hybridized carbons (Fsp3) is 0.455. The fourth-order valence-electron chi connectivity index (χ4n) is 3.61. The second kappa shape index (κ2) is 9.73. The molecule has 0 unspecified atom stereocenters. The van der Waals surface area contributed by atoms with E-state index in [4.69, 9.17) is 0 Å². The molecule has 0 saturated carbocycles. The van der Waals surface area contributed by atoms with Gasteiger partial charge in [-0.3, -0.25) is 9.59 Å². The third-order valence-electron chi connectivity index (χ3n) is 5.15. The first-order valence-corrected chi connectivity index (χ1v) is 10.8. The van der Waals surface area contributed by atoms with Gasteiger partial charge in [-0.05, 0) is 48.4 Å². The molecule has 5 nitrogen and oxygen atoms in total. The number of carbonyl (C=O) groups is 2. The minimum absolute atomic E-state index is 0.0206. The molecule has 2 heterocycles. The number of nitrogens with one attached hydrogen (secondary N) is 1. The molecule has 0 radical (unpaired) electrons. The smallest absolute Gasteiger partial charge is 0.225 e. The highest BCUT2D eigenvalue weighted by Gasteiger charge is 2.20. The highest BCUT2D eigenvalue weighted by atomic mass is 32.1. The highest BCUT2D eigenvalue weighted by Crippen LogP contribution is 2.24. The molecular weight excluding hydrogens is 370 g/mol. The Labute approximate surface area is 171 Å². The van der Waals surface area contributed by atoms with Crippen molar-refractivity contribution >= 4 is 28.8 Å². The summed E-state index contributed by atoms with van der Waals surface area (Å²) in [5, 5.41) is 4.85. The van der Waals surface area contributed by atoms with Crippen LogP contribution in [0.4, 0.5) is 5.69 Å². The number of piperidine rings is 1. The van der Waals surface area contributed by atoms with Crippen molar-refractivity contribution in [3.63, 3.8) is 0 Å². The molecule has 1 N–H and O–H groups in total. The number of anilines is 1. The molecule has 28 heavy (non-hydrogen) atoms. The first-order chi connectivity index (χ1) is 13.5. The zero-order valence-electron chi connectivity index (χ0n) is 16.7. The van der Waals surface area contributed by atoms with Crippen molar-refractivity contribution in [1.82, 2.24) is 10.2 Å². The summed E-state index contributed by atoms with van der Waals surface area (Å²) in [5.41, 5.74) is 2.38. The molecule has 0 aliphatic carbocycles. The lowest BCUT2D eigenvalue weighted by molar-refractivity contribution is -0.131. The standard InChI is InChI=1S/C22H29N3O2S/c1-17(26)23-20(21-7-6-14-28-21)15-22(27)24(2)16-18-8-10-19(11-9-18)25-12-4-3-5-13-25/h6-11,14,20H,3-5,12-13,15-16H2,1-2H3,(H,23,26)/t20-/m1/s1. The average molecular weight is 400 g/mol. The summed E-state index contributed by atoms with van der Waals surface area (Å²) in [6.45, 7) is 4.31. The molecule has 6 heteroatoms. The lowest BCUT2D eigenvalue weighted by Crippen LogP contribution is -2.33. The SMILES string of the molecule is CC(=O)N[C@H](CC(=O)N(C)Cc1ccc(N2CCCCC2)cc1)c1cccs1. The second-order valence-corrected chi connectivity index (χ2v) is 8.42. The Bertz CT molecular complexity index is 768. The Balaban J connectivity index is 1.57. The normalized spacial score (nSPS) is 15.1. The number of thiophene rings is 1. The molecule has 0 spiro atoms. The lowest BCUT2D eigenvalue weighted by Gasteiger charge is -2.29. The molecule has 1 saturated heterocycles. The van der Waals surface area contributed by atoms with Crippen LogP contribution in [0.5, 0.6) is 0 Å². The van der Waals surface area contributed by atoms with Gasteiger partial charge in [0.15, 0.2) is 0 Å². The summed E-state index contributed by atoms with van der Waals surface area (Å²) in [6, 6.07) is 12.2. The minimum atomic E-state index is -0.270. The number of benzene rings is 1. The van der Waals surface area contributed by atoms with Crippen LogP contribution in [0.3, 0.4) is 0 Å². The van der Waals surface area contributed by atoms with Crippen molar-refractivity contribution in [2.45, 2.75) is 45.2 Å². The third-order valence-corrected chi connectivity index (χ3v) is 6.13. The Morgan fingerprint density at radius 2 is 1.86 bits per heavy atom. The zero-order chi connectivity index (χ0) is 19.9. The van der Waals surface area contributed by atoms with Crippen LogP contribution in [0.1, 0.15) is 49.1 Å². The van der Waals surface area contributed by atoms with E-state index in [0.717, 1.165) is 23.5 Å². The number of carbonyl (C=O) groups excluding carboxylic acids is 2. The van der Waals surface area contributed by atoms with Gasteiger partial charge in [0.2, 0.25) is 11.8 Å². The van der Waals surface area contributed by atoms with E-state index in [1.54, 1.807) is 16.2 Å². The summed E-state index contributed by atoms with van der Waals surface area (Å²) in [5.74, 6) is -0.102. The Morgan fingerprint density at radius 1 is 1.14 bits per heavy atom. The number of hydrogen-bond donors (Lipinski definition) is 1. The van der Waals surface area contributed by atoms with E-state index in [-0.39, 0.29) is 24.3 Å². The third kappa shape index (κ3) is 5.58. The summed E-state index contributed by atoms with van der Waals surface area (Å²) in [7, 11) is 1.82. The van der Waals surface area contributed by atoms with Gasteiger partial charge in [0, 0.05) is 44.2 Å². The van der Waals surface area contributed by atoms with Crippen LogP contribution < -0.4 is 10.2 Å². The molecule has 1 fully saturated rings. The molecule has 1 aromatic carbocycles. The topological polar surface area (TPSA) is 52.7 Å². The molecule has 150 valence electrons. The van der Waals surface area contributed by atoms with E-state index in [2.05, 4.69) is 34.5 Å². The van der Waals surface area contributed by atoms with Gasteiger partial charge < -0.3 is 15.1 Å². The maximum Gasteiger partial charge on any atom is 0.225 e. The molecule has 2 amide bonds. The van der Waals surface area contributed by atoms with Crippen molar-refractivity contribution < 1.29 is 9.59 Å². The number of amides is 2. The molecule has 1 atom stereocenters. The molecule has 1 aliphatic heterocycles. The molecule has 1 aromatic heterocycles. The van der Waals surface area contributed by atoms with E-state index < -0.39 is 0 Å². The molecule has 3 rings (SSSR count). The van der Waals surface area contributed by atoms with Crippen LogP contribution >= 0.6 is 11.3 Å². The van der Waals surface area contributed by atoms with Gasteiger partial charge in [0.1, 0.15) is 0 Å². The molecule has 1 aliphatic rings. The monoisotopic (exact) mass is 399 g/mol. The summed E-state index contributed by atoms with van der Waals surface area (Å²) < 4.78 is 0. The van der Waals surface area contributed by atoms with Crippen LogP contribution in [0, 0.1) is 0 Å². The summed E-state index contributed by atoms with van der Waals surface area (Å²) in [4.78, 5) is 29.4. The summed E-state index contributed by atoms with van der Waals surface area (Å²) in [6.07, 6.45) is 4.12. The number of nitrogens with zero attached hydrogens (tertiary/aromatic N) is 2. The van der Waals surface area contributed by atoms with Gasteiger partial charge in [-0.25, -0.2) is 0 Å². The van der Waals surface area contributed by atoms with Gasteiger partial charge in [0.05, 0.1) is 12.5 Å². The van der Waals surface area contributed by atoms with Crippen LogP contribution in [0.2, 0.25) is 0 Å². The van der Waals surface area contributed by atoms with Crippen molar-refractivity contribution in [3.05, 3.63) is 52.2 Å². The van der Waals surface area contributed by atoms with Gasteiger partial charge >= 0.3 is 0 Å². The highest BCUT2D eigenvalue weighted by molar-refractivity contribution is 7.10. The Hall–Kier alpha value is -2.34. The number of rotatable bonds is 7.